The third-order valence-corrected chi connectivity index (χ3v) is 5.18. The van der Waals surface area contributed by atoms with Gasteiger partial charge in [-0.1, -0.05) is 48.9 Å². The first-order valence-corrected chi connectivity index (χ1v) is 9.55. The minimum absolute atomic E-state index is 0. The van der Waals surface area contributed by atoms with Crippen molar-refractivity contribution in [1.29, 1.82) is 0 Å². The number of nitrogens with two attached hydrogens (primary N) is 1. The van der Waals surface area contributed by atoms with Crippen LogP contribution in [0.2, 0.25) is 0 Å². The van der Waals surface area contributed by atoms with Gasteiger partial charge in [-0.2, -0.15) is 0 Å². The number of benzene rings is 2. The molecular weight excluding hydrogens is 393 g/mol. The van der Waals surface area contributed by atoms with Crippen molar-refractivity contribution in [3.05, 3.63) is 65.7 Å². The van der Waals surface area contributed by atoms with Crippen LogP contribution >= 0.6 is 24.8 Å². The summed E-state index contributed by atoms with van der Waals surface area (Å²) in [5, 5.41) is 2.92. The zero-order valence-electron chi connectivity index (χ0n) is 16.3. The van der Waals surface area contributed by atoms with Crippen LogP contribution in [0.3, 0.4) is 0 Å². The van der Waals surface area contributed by atoms with Crippen molar-refractivity contribution < 1.29 is 4.79 Å². The highest BCUT2D eigenvalue weighted by Crippen LogP contribution is 2.20. The molecule has 28 heavy (non-hydrogen) atoms. The summed E-state index contributed by atoms with van der Waals surface area (Å²) >= 11 is 0. The largest absolute Gasteiger partial charge is 0.325 e. The van der Waals surface area contributed by atoms with Crippen LogP contribution in [0.25, 0.3) is 0 Å². The van der Waals surface area contributed by atoms with Gasteiger partial charge in [-0.05, 0) is 56.0 Å². The molecule has 6 heteroatoms. The third kappa shape index (κ3) is 7.10. The maximum atomic E-state index is 12.3. The molecule has 1 saturated heterocycles. The van der Waals surface area contributed by atoms with Gasteiger partial charge in [0.2, 0.25) is 5.91 Å². The van der Waals surface area contributed by atoms with Gasteiger partial charge in [0.1, 0.15) is 0 Å². The van der Waals surface area contributed by atoms with Gasteiger partial charge >= 0.3 is 0 Å². The fourth-order valence-electron chi connectivity index (χ4n) is 3.52. The zero-order valence-corrected chi connectivity index (χ0v) is 18.0. The maximum absolute atomic E-state index is 12.3. The average Bonchev–Trinajstić information content (AvgIpc) is 2.66. The van der Waals surface area contributed by atoms with Gasteiger partial charge in [-0.25, -0.2) is 0 Å². The smallest absolute Gasteiger partial charge is 0.241 e. The number of anilines is 1. The number of hydrogen-bond acceptors (Lipinski definition) is 3. The highest BCUT2D eigenvalue weighted by Gasteiger charge is 2.18. The molecule has 0 saturated carbocycles. The van der Waals surface area contributed by atoms with Gasteiger partial charge in [-0.3, -0.25) is 9.69 Å². The molecule has 0 bridgehead atoms. The van der Waals surface area contributed by atoms with E-state index in [2.05, 4.69) is 29.3 Å². The van der Waals surface area contributed by atoms with E-state index in [9.17, 15) is 4.79 Å². The van der Waals surface area contributed by atoms with Gasteiger partial charge in [0.25, 0.3) is 0 Å². The lowest BCUT2D eigenvalue weighted by atomic mass is 10.0. The van der Waals surface area contributed by atoms with Crippen molar-refractivity contribution in [3.8, 4) is 0 Å². The van der Waals surface area contributed by atoms with Crippen molar-refractivity contribution in [1.82, 2.24) is 4.90 Å². The van der Waals surface area contributed by atoms with Crippen LogP contribution in [0.4, 0.5) is 5.69 Å². The molecule has 0 aromatic heterocycles. The lowest BCUT2D eigenvalue weighted by Gasteiger charge is -2.33. The number of nitrogens with one attached hydrogen (secondary N) is 1. The lowest BCUT2D eigenvalue weighted by molar-refractivity contribution is -0.117. The SMILES string of the molecule is CC1CCCCN1Cc1ccc(NC(=O)C(N)Cc2ccccc2)cc1.Cl.Cl. The Hall–Kier alpha value is -1.59. The van der Waals surface area contributed by atoms with E-state index in [1.807, 2.05) is 42.5 Å². The van der Waals surface area contributed by atoms with Gasteiger partial charge < -0.3 is 11.1 Å². The van der Waals surface area contributed by atoms with Crippen LogP contribution < -0.4 is 11.1 Å². The molecule has 3 rings (SSSR count). The van der Waals surface area contributed by atoms with Crippen LogP contribution in [-0.2, 0) is 17.8 Å². The van der Waals surface area contributed by atoms with E-state index in [-0.39, 0.29) is 30.7 Å². The van der Waals surface area contributed by atoms with E-state index in [1.54, 1.807) is 0 Å². The Morgan fingerprint density at radius 2 is 1.75 bits per heavy atom. The number of piperidine rings is 1. The Morgan fingerprint density at radius 3 is 2.39 bits per heavy atom. The molecule has 0 aliphatic carbocycles. The predicted octanol–water partition coefficient (Wildman–Crippen LogP) is 4.41. The summed E-state index contributed by atoms with van der Waals surface area (Å²) in [6.07, 6.45) is 4.45. The summed E-state index contributed by atoms with van der Waals surface area (Å²) in [6, 6.07) is 18.1. The molecule has 0 radical (unpaired) electrons. The second-order valence-electron chi connectivity index (χ2n) is 7.30. The Morgan fingerprint density at radius 1 is 1.07 bits per heavy atom. The molecule has 1 aliphatic heterocycles. The first-order chi connectivity index (χ1) is 12.6. The molecule has 2 unspecified atom stereocenters. The number of nitrogens with zero attached hydrogens (tertiary/aromatic N) is 1. The Bertz CT molecular complexity index is 709. The minimum atomic E-state index is -0.550. The van der Waals surface area contributed by atoms with Crippen LogP contribution in [0.1, 0.15) is 37.3 Å². The summed E-state index contributed by atoms with van der Waals surface area (Å²) in [5.41, 5.74) is 9.20. The predicted molar refractivity (Wildman–Crippen MR) is 121 cm³/mol. The molecule has 1 aliphatic rings. The fourth-order valence-corrected chi connectivity index (χ4v) is 3.52. The summed E-state index contributed by atoms with van der Waals surface area (Å²) in [6.45, 7) is 4.46. The van der Waals surface area contributed by atoms with Gasteiger partial charge in [0, 0.05) is 18.3 Å². The van der Waals surface area contributed by atoms with E-state index >= 15 is 0 Å². The second kappa shape index (κ2) is 12.1. The van der Waals surface area contributed by atoms with Crippen LogP contribution in [-0.4, -0.2) is 29.4 Å². The quantitative estimate of drug-likeness (QED) is 0.722. The van der Waals surface area contributed by atoms with Crippen molar-refractivity contribution >= 4 is 36.4 Å². The molecule has 1 fully saturated rings. The molecule has 0 spiro atoms. The average molecular weight is 424 g/mol. The number of carbonyl (C=O) groups excluding carboxylic acids is 1. The lowest BCUT2D eigenvalue weighted by Crippen LogP contribution is -2.37. The molecule has 4 nitrogen and oxygen atoms in total. The maximum Gasteiger partial charge on any atom is 0.241 e. The highest BCUT2D eigenvalue weighted by atomic mass is 35.5. The van der Waals surface area contributed by atoms with E-state index in [0.29, 0.717) is 12.5 Å². The van der Waals surface area contributed by atoms with Crippen LogP contribution in [0.5, 0.6) is 0 Å². The molecule has 2 atom stereocenters. The molecule has 1 heterocycles. The van der Waals surface area contributed by atoms with Gasteiger partial charge in [0.05, 0.1) is 6.04 Å². The first-order valence-electron chi connectivity index (χ1n) is 9.55. The molecule has 2 aromatic rings. The van der Waals surface area contributed by atoms with Crippen molar-refractivity contribution in [3.63, 3.8) is 0 Å². The number of carbonyl (C=O) groups is 1. The third-order valence-electron chi connectivity index (χ3n) is 5.18. The molecule has 154 valence electrons. The molecule has 2 aromatic carbocycles. The van der Waals surface area contributed by atoms with Gasteiger partial charge in [0.15, 0.2) is 0 Å². The van der Waals surface area contributed by atoms with Crippen molar-refractivity contribution in [2.24, 2.45) is 5.73 Å². The van der Waals surface area contributed by atoms with E-state index < -0.39 is 6.04 Å². The number of rotatable bonds is 6. The highest BCUT2D eigenvalue weighted by molar-refractivity contribution is 5.94. The number of likely N-dealkylation sites (tertiary alicyclic amines) is 1. The van der Waals surface area contributed by atoms with Crippen molar-refractivity contribution in [2.75, 3.05) is 11.9 Å². The monoisotopic (exact) mass is 423 g/mol. The van der Waals surface area contributed by atoms with E-state index in [4.69, 9.17) is 5.73 Å². The Labute approximate surface area is 180 Å². The van der Waals surface area contributed by atoms with Crippen molar-refractivity contribution in [2.45, 2.75) is 51.2 Å². The normalized spacial score (nSPS) is 17.7. The van der Waals surface area contributed by atoms with Crippen LogP contribution in [0, 0.1) is 0 Å². The molecule has 3 N–H and O–H groups in total. The fraction of sp³-hybridized carbons (Fsp3) is 0.409. The first kappa shape index (κ1) is 24.4. The summed E-state index contributed by atoms with van der Waals surface area (Å²) in [4.78, 5) is 14.9. The summed E-state index contributed by atoms with van der Waals surface area (Å²) in [5.74, 6) is -0.147. The minimum Gasteiger partial charge on any atom is -0.325 e. The second-order valence-corrected chi connectivity index (χ2v) is 7.30. The van der Waals surface area contributed by atoms with E-state index in [0.717, 1.165) is 17.8 Å². The summed E-state index contributed by atoms with van der Waals surface area (Å²) in [7, 11) is 0. The summed E-state index contributed by atoms with van der Waals surface area (Å²) < 4.78 is 0. The standard InChI is InChI=1S/C22H29N3O.2ClH/c1-17-7-5-6-14-25(17)16-19-10-12-20(13-11-19)24-22(26)21(23)15-18-8-3-2-4-9-18;;/h2-4,8-13,17,21H,5-7,14-16,23H2,1H3,(H,24,26);2*1H. The Balaban J connectivity index is 0.00000196. The van der Waals surface area contributed by atoms with Crippen LogP contribution in [0.15, 0.2) is 54.6 Å². The molecule has 1 amide bonds. The number of hydrogen-bond donors (Lipinski definition) is 2. The van der Waals surface area contributed by atoms with E-state index in [1.165, 1.54) is 31.4 Å². The molecular formula is C22H31Cl2N3O. The van der Waals surface area contributed by atoms with Gasteiger partial charge in [-0.15, -0.1) is 24.8 Å². The zero-order chi connectivity index (χ0) is 18.4. The Kier molecular flexibility index (Phi) is 10.5. The topological polar surface area (TPSA) is 58.4 Å². The number of halogens is 2. The number of amides is 1.